The molecule has 8 heteroatoms. The highest BCUT2D eigenvalue weighted by atomic mass is 16.5. The average Bonchev–Trinajstić information content (AvgIpc) is 3.37. The van der Waals surface area contributed by atoms with Gasteiger partial charge in [0.05, 0.1) is 6.54 Å². The van der Waals surface area contributed by atoms with Gasteiger partial charge in [-0.1, -0.05) is 48.5 Å². The molecule has 174 valence electrons. The summed E-state index contributed by atoms with van der Waals surface area (Å²) >= 11 is 0. The lowest BCUT2D eigenvalue weighted by Gasteiger charge is -2.33. The van der Waals surface area contributed by atoms with Crippen molar-refractivity contribution in [3.8, 4) is 11.1 Å². The molecule has 8 nitrogen and oxygen atoms in total. The summed E-state index contributed by atoms with van der Waals surface area (Å²) in [5.74, 6) is -1.57. The number of alkyl carbamates (subject to hydrolysis) is 1. The number of carbonyl (C=O) groups excluding carboxylic acids is 2. The number of rotatable bonds is 7. The number of hydrogen-bond donors (Lipinski definition) is 2. The van der Waals surface area contributed by atoms with Gasteiger partial charge in [0.2, 0.25) is 0 Å². The van der Waals surface area contributed by atoms with E-state index in [0.717, 1.165) is 22.3 Å². The topological polar surface area (TPSA) is 105 Å². The van der Waals surface area contributed by atoms with Crippen molar-refractivity contribution in [2.24, 2.45) is 0 Å². The number of carbonyl (C=O) groups is 3. The van der Waals surface area contributed by atoms with Gasteiger partial charge in [-0.2, -0.15) is 0 Å². The van der Waals surface area contributed by atoms with Crippen LogP contribution in [0.5, 0.6) is 0 Å². The van der Waals surface area contributed by atoms with Gasteiger partial charge in [0.15, 0.2) is 6.10 Å². The van der Waals surface area contributed by atoms with Gasteiger partial charge in [-0.25, -0.2) is 9.59 Å². The van der Waals surface area contributed by atoms with Crippen LogP contribution in [-0.4, -0.2) is 66.4 Å². The molecule has 33 heavy (non-hydrogen) atoms. The first-order chi connectivity index (χ1) is 15.9. The standard InChI is InChI=1S/C25H28N2O6/c1-25(23(29)30)12-7-13-27(25)22(28)21(32-2)14-26-24(31)33-15-20-18-10-5-3-8-16(18)17-9-4-6-11-19(17)20/h3-6,8-11,20-21H,7,12-15H2,1-2H3,(H,26,31)(H,29,30)/t21?,25-/m1/s1. The Morgan fingerprint density at radius 2 is 1.73 bits per heavy atom. The number of likely N-dealkylation sites (tertiary alicyclic amines) is 1. The summed E-state index contributed by atoms with van der Waals surface area (Å²) < 4.78 is 10.8. The molecule has 1 fully saturated rings. The van der Waals surface area contributed by atoms with Crippen molar-refractivity contribution in [2.45, 2.75) is 37.3 Å². The number of carboxylic acids is 1. The van der Waals surface area contributed by atoms with Gasteiger partial charge in [-0.15, -0.1) is 0 Å². The van der Waals surface area contributed by atoms with Crippen LogP contribution in [0.25, 0.3) is 11.1 Å². The second-order valence-electron chi connectivity index (χ2n) is 8.60. The number of nitrogens with zero attached hydrogens (tertiary/aromatic N) is 1. The molecule has 4 rings (SSSR count). The third kappa shape index (κ3) is 4.18. The van der Waals surface area contributed by atoms with Crippen molar-refractivity contribution >= 4 is 18.0 Å². The Morgan fingerprint density at radius 3 is 2.30 bits per heavy atom. The van der Waals surface area contributed by atoms with Crippen LogP contribution >= 0.6 is 0 Å². The average molecular weight is 453 g/mol. The summed E-state index contributed by atoms with van der Waals surface area (Å²) in [7, 11) is 1.36. The molecule has 1 saturated heterocycles. The van der Waals surface area contributed by atoms with Gasteiger partial charge in [0.1, 0.15) is 12.1 Å². The molecule has 0 bridgehead atoms. The van der Waals surface area contributed by atoms with Crippen LogP contribution in [0.1, 0.15) is 36.8 Å². The lowest BCUT2D eigenvalue weighted by atomic mass is 9.98. The maximum Gasteiger partial charge on any atom is 0.407 e. The molecule has 0 saturated carbocycles. The van der Waals surface area contributed by atoms with Crippen LogP contribution < -0.4 is 5.32 Å². The summed E-state index contributed by atoms with van der Waals surface area (Å²) in [5.41, 5.74) is 3.23. The van der Waals surface area contributed by atoms with Crippen molar-refractivity contribution in [2.75, 3.05) is 26.8 Å². The van der Waals surface area contributed by atoms with E-state index >= 15 is 0 Å². The molecule has 1 aliphatic carbocycles. The molecule has 2 aromatic rings. The third-order valence-electron chi connectivity index (χ3n) is 6.70. The van der Waals surface area contributed by atoms with Crippen LogP contribution in [0.3, 0.4) is 0 Å². The number of amides is 2. The van der Waals surface area contributed by atoms with E-state index in [9.17, 15) is 19.5 Å². The fraction of sp³-hybridized carbons (Fsp3) is 0.400. The van der Waals surface area contributed by atoms with Gasteiger partial charge in [-0.05, 0) is 42.0 Å². The number of benzene rings is 2. The molecule has 0 aromatic heterocycles. The lowest BCUT2D eigenvalue weighted by molar-refractivity contribution is -0.159. The monoisotopic (exact) mass is 452 g/mol. The van der Waals surface area contributed by atoms with Crippen LogP contribution in [0.4, 0.5) is 4.79 Å². The molecule has 1 aliphatic heterocycles. The Morgan fingerprint density at radius 1 is 1.12 bits per heavy atom. The number of methoxy groups -OCH3 is 1. The Labute approximate surface area is 192 Å². The summed E-state index contributed by atoms with van der Waals surface area (Å²) in [6.45, 7) is 1.92. The number of fused-ring (bicyclic) bond motifs is 3. The largest absolute Gasteiger partial charge is 0.480 e. The SMILES string of the molecule is COC(CNC(=O)OCC1c2ccccc2-c2ccccc21)C(=O)N1CCC[C@]1(C)C(=O)O. The minimum absolute atomic E-state index is 0.0659. The normalized spacial score (nSPS) is 20.1. The van der Waals surface area contributed by atoms with Gasteiger partial charge >= 0.3 is 12.1 Å². The number of hydrogen-bond acceptors (Lipinski definition) is 5. The summed E-state index contributed by atoms with van der Waals surface area (Å²) in [6.07, 6.45) is -0.675. The predicted molar refractivity (Wildman–Crippen MR) is 121 cm³/mol. The lowest BCUT2D eigenvalue weighted by Crippen LogP contribution is -2.55. The summed E-state index contributed by atoms with van der Waals surface area (Å²) in [5, 5.41) is 12.1. The Kier molecular flexibility index (Phi) is 6.37. The molecular weight excluding hydrogens is 424 g/mol. The van der Waals surface area contributed by atoms with Crippen molar-refractivity contribution in [1.82, 2.24) is 10.2 Å². The molecule has 2 amide bonds. The Bertz CT molecular complexity index is 1020. The summed E-state index contributed by atoms with van der Waals surface area (Å²) in [4.78, 5) is 38.3. The van der Waals surface area contributed by atoms with E-state index in [-0.39, 0.29) is 19.1 Å². The number of nitrogens with one attached hydrogen (secondary N) is 1. The molecular formula is C25H28N2O6. The zero-order chi connectivity index (χ0) is 23.6. The first kappa shape index (κ1) is 22.8. The van der Waals surface area contributed by atoms with Crippen LogP contribution in [0.15, 0.2) is 48.5 Å². The highest BCUT2D eigenvalue weighted by Crippen LogP contribution is 2.44. The van der Waals surface area contributed by atoms with Crippen LogP contribution in [0.2, 0.25) is 0 Å². The van der Waals surface area contributed by atoms with Crippen molar-refractivity contribution in [3.05, 3.63) is 59.7 Å². The second kappa shape index (κ2) is 9.23. The van der Waals surface area contributed by atoms with Crippen LogP contribution in [0, 0.1) is 0 Å². The van der Waals surface area contributed by atoms with E-state index in [1.807, 2.05) is 36.4 Å². The molecule has 2 N–H and O–H groups in total. The fourth-order valence-corrected chi connectivity index (χ4v) is 4.81. The van der Waals surface area contributed by atoms with E-state index in [1.165, 1.54) is 18.9 Å². The second-order valence-corrected chi connectivity index (χ2v) is 8.60. The number of ether oxygens (including phenoxy) is 2. The molecule has 2 aliphatic rings. The van der Waals surface area contributed by atoms with E-state index in [2.05, 4.69) is 17.4 Å². The van der Waals surface area contributed by atoms with Crippen molar-refractivity contribution in [1.29, 1.82) is 0 Å². The van der Waals surface area contributed by atoms with E-state index in [0.29, 0.717) is 19.4 Å². The maximum absolute atomic E-state index is 12.9. The van der Waals surface area contributed by atoms with E-state index < -0.39 is 29.6 Å². The number of carboxylic acid groups (broad SMARTS) is 1. The first-order valence-corrected chi connectivity index (χ1v) is 11.0. The van der Waals surface area contributed by atoms with E-state index in [4.69, 9.17) is 9.47 Å². The molecule has 0 spiro atoms. The van der Waals surface area contributed by atoms with Crippen molar-refractivity contribution in [3.63, 3.8) is 0 Å². The van der Waals surface area contributed by atoms with Gasteiger partial charge < -0.3 is 24.8 Å². The van der Waals surface area contributed by atoms with Gasteiger partial charge in [0, 0.05) is 19.6 Å². The molecule has 0 radical (unpaired) electrons. The zero-order valence-electron chi connectivity index (χ0n) is 18.7. The first-order valence-electron chi connectivity index (χ1n) is 11.0. The van der Waals surface area contributed by atoms with Gasteiger partial charge in [-0.3, -0.25) is 4.79 Å². The number of aliphatic carboxylic acids is 1. The van der Waals surface area contributed by atoms with Crippen LogP contribution in [-0.2, 0) is 19.1 Å². The highest BCUT2D eigenvalue weighted by molar-refractivity contribution is 5.90. The van der Waals surface area contributed by atoms with E-state index in [1.54, 1.807) is 0 Å². The van der Waals surface area contributed by atoms with Crippen molar-refractivity contribution < 1.29 is 29.0 Å². The zero-order valence-corrected chi connectivity index (χ0v) is 18.7. The maximum atomic E-state index is 12.9. The molecule has 1 heterocycles. The molecule has 2 atom stereocenters. The highest BCUT2D eigenvalue weighted by Gasteiger charge is 2.47. The summed E-state index contributed by atoms with van der Waals surface area (Å²) in [6, 6.07) is 16.1. The van der Waals surface area contributed by atoms with Gasteiger partial charge in [0.25, 0.3) is 5.91 Å². The fourth-order valence-electron chi connectivity index (χ4n) is 4.81. The smallest absolute Gasteiger partial charge is 0.407 e. The molecule has 2 aromatic carbocycles. The minimum atomic E-state index is -1.27. The third-order valence-corrected chi connectivity index (χ3v) is 6.70. The molecule has 1 unspecified atom stereocenters. The quantitative estimate of drug-likeness (QED) is 0.669. The Hall–Kier alpha value is -3.39. The predicted octanol–water partition coefficient (Wildman–Crippen LogP) is 3.01. The minimum Gasteiger partial charge on any atom is -0.480 e. The Balaban J connectivity index is 1.36.